The van der Waals surface area contributed by atoms with Crippen molar-refractivity contribution in [2.24, 2.45) is 4.99 Å². The second-order valence-electron chi connectivity index (χ2n) is 4.40. The van der Waals surface area contributed by atoms with E-state index in [1.54, 1.807) is 0 Å². The van der Waals surface area contributed by atoms with Crippen LogP contribution in [0.15, 0.2) is 4.99 Å². The molecule has 4 heteroatoms. The zero-order valence-corrected chi connectivity index (χ0v) is 10.5. The minimum absolute atomic E-state index is 0.597. The van der Waals surface area contributed by atoms with Crippen molar-refractivity contribution in [2.45, 2.75) is 38.8 Å². The molecule has 1 aliphatic heterocycles. The molecule has 0 spiro atoms. The predicted octanol–water partition coefficient (Wildman–Crippen LogP) is 1.55. The van der Waals surface area contributed by atoms with Gasteiger partial charge in [-0.1, -0.05) is 18.7 Å². The summed E-state index contributed by atoms with van der Waals surface area (Å²) in [5.41, 5.74) is 0. The summed E-state index contributed by atoms with van der Waals surface area (Å²) in [6.45, 7) is 7.70. The maximum Gasteiger partial charge on any atom is 0.156 e. The van der Waals surface area contributed by atoms with Crippen molar-refractivity contribution in [1.82, 2.24) is 10.2 Å². The van der Waals surface area contributed by atoms with Crippen LogP contribution >= 0.6 is 11.8 Å². The van der Waals surface area contributed by atoms with E-state index >= 15 is 0 Å². The van der Waals surface area contributed by atoms with Crippen molar-refractivity contribution in [3.63, 3.8) is 0 Å². The second kappa shape index (κ2) is 5.21. The summed E-state index contributed by atoms with van der Waals surface area (Å²) < 4.78 is 0. The van der Waals surface area contributed by atoms with Gasteiger partial charge in [-0.2, -0.15) is 0 Å². The fourth-order valence-electron chi connectivity index (χ4n) is 1.91. The molecule has 3 nitrogen and oxygen atoms in total. The molecule has 86 valence electrons. The minimum atomic E-state index is 0.597. The summed E-state index contributed by atoms with van der Waals surface area (Å²) in [7, 11) is 0. The molecular formula is C11H21N3S. The van der Waals surface area contributed by atoms with Gasteiger partial charge in [-0.25, -0.2) is 0 Å². The molecule has 0 amide bonds. The molecule has 0 aromatic heterocycles. The van der Waals surface area contributed by atoms with Gasteiger partial charge >= 0.3 is 0 Å². The normalized spacial score (nSPS) is 28.7. The summed E-state index contributed by atoms with van der Waals surface area (Å²) in [5.74, 6) is 1.17. The third-order valence-corrected chi connectivity index (χ3v) is 4.14. The molecule has 1 heterocycles. The smallest absolute Gasteiger partial charge is 0.156 e. The van der Waals surface area contributed by atoms with Crippen LogP contribution in [-0.2, 0) is 0 Å². The quantitative estimate of drug-likeness (QED) is 0.772. The van der Waals surface area contributed by atoms with Gasteiger partial charge in [0, 0.05) is 24.4 Å². The monoisotopic (exact) mass is 227 g/mol. The topological polar surface area (TPSA) is 27.6 Å². The Hall–Kier alpha value is -0.220. The average Bonchev–Trinajstić information content (AvgIpc) is 2.98. The van der Waals surface area contributed by atoms with Gasteiger partial charge in [-0.05, 0) is 26.3 Å². The summed E-state index contributed by atoms with van der Waals surface area (Å²) in [5, 5.41) is 4.53. The molecule has 15 heavy (non-hydrogen) atoms. The second-order valence-corrected chi connectivity index (χ2v) is 5.41. The molecular weight excluding hydrogens is 206 g/mol. The molecule has 1 unspecified atom stereocenters. The predicted molar refractivity (Wildman–Crippen MR) is 67.6 cm³/mol. The third-order valence-electron chi connectivity index (χ3n) is 2.95. The third kappa shape index (κ3) is 3.38. The van der Waals surface area contributed by atoms with Crippen LogP contribution in [0.1, 0.15) is 26.7 Å². The van der Waals surface area contributed by atoms with Crippen LogP contribution < -0.4 is 5.32 Å². The Bertz CT molecular complexity index is 238. The first-order valence-corrected chi connectivity index (χ1v) is 6.96. The zero-order chi connectivity index (χ0) is 10.7. The molecule has 0 radical (unpaired) electrons. The summed E-state index contributed by atoms with van der Waals surface area (Å²) >= 11 is 1.85. The van der Waals surface area contributed by atoms with E-state index < -0.39 is 0 Å². The maximum absolute atomic E-state index is 4.60. The van der Waals surface area contributed by atoms with Gasteiger partial charge in [0.2, 0.25) is 0 Å². The van der Waals surface area contributed by atoms with Gasteiger partial charge < -0.3 is 5.32 Å². The van der Waals surface area contributed by atoms with Crippen molar-refractivity contribution in [1.29, 1.82) is 0 Å². The first-order chi connectivity index (χ1) is 7.29. The molecule has 1 aliphatic carbocycles. The lowest BCUT2D eigenvalue weighted by Crippen LogP contribution is -2.29. The van der Waals surface area contributed by atoms with Crippen LogP contribution in [0.25, 0.3) is 0 Å². The Morgan fingerprint density at radius 1 is 1.53 bits per heavy atom. The van der Waals surface area contributed by atoms with Crippen molar-refractivity contribution in [2.75, 3.05) is 25.4 Å². The van der Waals surface area contributed by atoms with E-state index in [0.717, 1.165) is 24.3 Å². The molecule has 1 N–H and O–H groups in total. The van der Waals surface area contributed by atoms with E-state index in [1.165, 1.54) is 25.1 Å². The number of amidine groups is 1. The summed E-state index contributed by atoms with van der Waals surface area (Å²) in [6.07, 6.45) is 2.79. The Labute approximate surface area is 96.7 Å². The zero-order valence-electron chi connectivity index (χ0n) is 9.70. The van der Waals surface area contributed by atoms with E-state index in [0.29, 0.717) is 6.04 Å². The Balaban J connectivity index is 1.68. The highest BCUT2D eigenvalue weighted by molar-refractivity contribution is 8.14. The summed E-state index contributed by atoms with van der Waals surface area (Å²) in [4.78, 5) is 7.15. The van der Waals surface area contributed by atoms with Crippen LogP contribution in [-0.4, -0.2) is 47.5 Å². The first-order valence-electron chi connectivity index (χ1n) is 5.97. The molecule has 2 rings (SSSR count). The fourth-order valence-corrected chi connectivity index (χ4v) is 2.87. The molecule has 2 aliphatic rings. The number of hydrogen-bond acceptors (Lipinski definition) is 3. The Morgan fingerprint density at radius 3 is 2.87 bits per heavy atom. The molecule has 1 atom stereocenters. The van der Waals surface area contributed by atoms with E-state index in [1.807, 2.05) is 11.8 Å². The van der Waals surface area contributed by atoms with E-state index in [4.69, 9.17) is 0 Å². The number of aliphatic imine (C=N–C) groups is 1. The van der Waals surface area contributed by atoms with Crippen LogP contribution in [0.3, 0.4) is 0 Å². The maximum atomic E-state index is 4.60. The fraction of sp³-hybridized carbons (Fsp3) is 0.909. The van der Waals surface area contributed by atoms with E-state index in [-0.39, 0.29) is 0 Å². The standard InChI is InChI=1S/C11H21N3S/c1-3-14(10-4-5-10)7-6-12-11-13-9(2)8-15-11/h9-10H,3-8H2,1-2H3,(H,12,13). The van der Waals surface area contributed by atoms with E-state index in [2.05, 4.69) is 29.1 Å². The van der Waals surface area contributed by atoms with E-state index in [9.17, 15) is 0 Å². The SMILES string of the molecule is CCN(CCN=C1NC(C)CS1)C1CC1. The van der Waals surface area contributed by atoms with Gasteiger partial charge in [-0.3, -0.25) is 9.89 Å². The number of nitrogens with zero attached hydrogens (tertiary/aromatic N) is 2. The number of hydrogen-bond donors (Lipinski definition) is 1. The van der Waals surface area contributed by atoms with Gasteiger partial charge in [0.15, 0.2) is 5.17 Å². The van der Waals surface area contributed by atoms with Crippen molar-refractivity contribution in [3.05, 3.63) is 0 Å². The first kappa shape index (κ1) is 11.3. The lowest BCUT2D eigenvalue weighted by molar-refractivity contribution is 0.286. The number of likely N-dealkylation sites (N-methyl/N-ethyl adjacent to an activating group) is 1. The lowest BCUT2D eigenvalue weighted by atomic mass is 10.4. The molecule has 0 aromatic carbocycles. The molecule has 0 aromatic rings. The summed E-state index contributed by atoms with van der Waals surface area (Å²) in [6, 6.07) is 1.47. The van der Waals surface area contributed by atoms with Gasteiger partial charge in [0.1, 0.15) is 0 Å². The van der Waals surface area contributed by atoms with Crippen molar-refractivity contribution >= 4 is 16.9 Å². The lowest BCUT2D eigenvalue weighted by Gasteiger charge is -2.18. The Kier molecular flexibility index (Phi) is 3.92. The highest BCUT2D eigenvalue weighted by Gasteiger charge is 2.27. The van der Waals surface area contributed by atoms with Crippen LogP contribution in [0.2, 0.25) is 0 Å². The van der Waals surface area contributed by atoms with Gasteiger partial charge in [0.25, 0.3) is 0 Å². The molecule has 1 saturated carbocycles. The number of nitrogens with one attached hydrogen (secondary N) is 1. The Morgan fingerprint density at radius 2 is 2.33 bits per heavy atom. The average molecular weight is 227 g/mol. The van der Waals surface area contributed by atoms with Crippen molar-refractivity contribution < 1.29 is 0 Å². The molecule has 1 saturated heterocycles. The number of thioether (sulfide) groups is 1. The number of rotatable bonds is 5. The molecule has 0 bridgehead atoms. The van der Waals surface area contributed by atoms with Crippen LogP contribution in [0, 0.1) is 0 Å². The van der Waals surface area contributed by atoms with Crippen molar-refractivity contribution in [3.8, 4) is 0 Å². The highest BCUT2D eigenvalue weighted by Crippen LogP contribution is 2.26. The van der Waals surface area contributed by atoms with Gasteiger partial charge in [-0.15, -0.1) is 0 Å². The van der Waals surface area contributed by atoms with Crippen LogP contribution in [0.5, 0.6) is 0 Å². The minimum Gasteiger partial charge on any atom is -0.362 e. The highest BCUT2D eigenvalue weighted by atomic mass is 32.2. The van der Waals surface area contributed by atoms with Crippen LogP contribution in [0.4, 0.5) is 0 Å². The molecule has 2 fully saturated rings. The van der Waals surface area contributed by atoms with Gasteiger partial charge in [0.05, 0.1) is 6.54 Å². The largest absolute Gasteiger partial charge is 0.362 e.